The maximum absolute atomic E-state index is 10.5. The molecule has 0 bridgehead atoms. The molecule has 0 fully saturated rings. The molecule has 1 aromatic rings. The fourth-order valence-corrected chi connectivity index (χ4v) is 1.69. The number of aryl methyl sites for hydroxylation is 1. The lowest BCUT2D eigenvalue weighted by Crippen LogP contribution is -2.18. The number of rotatable bonds is 6. The summed E-state index contributed by atoms with van der Waals surface area (Å²) in [5, 5.41) is 8.62. The summed E-state index contributed by atoms with van der Waals surface area (Å²) in [5.74, 6) is -0.485. The molecule has 3 N–H and O–H groups in total. The number of hydrogen-bond donors (Lipinski definition) is 2. The summed E-state index contributed by atoms with van der Waals surface area (Å²) < 4.78 is 0. The van der Waals surface area contributed by atoms with Crippen molar-refractivity contribution < 1.29 is 9.90 Å². The molecule has 0 saturated heterocycles. The molecule has 0 aliphatic carbocycles. The summed E-state index contributed by atoms with van der Waals surface area (Å²) >= 11 is 0. The summed E-state index contributed by atoms with van der Waals surface area (Å²) in [4.78, 5) is 10.5. The van der Waals surface area contributed by atoms with Gasteiger partial charge in [0.05, 0.1) is 0 Å². The molecule has 3 nitrogen and oxygen atoms in total. The van der Waals surface area contributed by atoms with Crippen LogP contribution in [0.4, 0.5) is 0 Å². The van der Waals surface area contributed by atoms with Gasteiger partial charge in [0.2, 0.25) is 0 Å². The number of hydrogen-bond acceptors (Lipinski definition) is 2. The zero-order chi connectivity index (χ0) is 12.0. The first-order chi connectivity index (χ1) is 7.61. The Hall–Kier alpha value is -1.35. The van der Waals surface area contributed by atoms with E-state index in [1.165, 1.54) is 11.1 Å². The fourth-order valence-electron chi connectivity index (χ4n) is 1.69. The van der Waals surface area contributed by atoms with Crippen LogP contribution in [0.3, 0.4) is 0 Å². The highest BCUT2D eigenvalue weighted by Crippen LogP contribution is 2.14. The second-order valence-corrected chi connectivity index (χ2v) is 4.22. The van der Waals surface area contributed by atoms with Crippen molar-refractivity contribution in [1.29, 1.82) is 0 Å². The molecule has 1 unspecified atom stereocenters. The first kappa shape index (κ1) is 12.7. The third-order valence-corrected chi connectivity index (χ3v) is 2.74. The minimum Gasteiger partial charge on any atom is -0.481 e. The molecule has 16 heavy (non-hydrogen) atoms. The molecule has 0 aliphatic rings. The van der Waals surface area contributed by atoms with E-state index in [1.807, 2.05) is 0 Å². The van der Waals surface area contributed by atoms with Crippen molar-refractivity contribution in [3.8, 4) is 0 Å². The monoisotopic (exact) mass is 221 g/mol. The highest BCUT2D eigenvalue weighted by atomic mass is 16.4. The standard InChI is InChI=1S/C13H19NO2/c1-10-2-4-11(5-3-10)8-12(9-14)6-7-13(15)16/h2-5,12H,6-9,14H2,1H3,(H,15,16). The first-order valence-electron chi connectivity index (χ1n) is 5.59. The van der Waals surface area contributed by atoms with Crippen molar-refractivity contribution in [2.45, 2.75) is 26.2 Å². The largest absolute Gasteiger partial charge is 0.481 e. The summed E-state index contributed by atoms with van der Waals surface area (Å²) in [6.07, 6.45) is 1.72. The summed E-state index contributed by atoms with van der Waals surface area (Å²) in [7, 11) is 0. The van der Waals surface area contributed by atoms with Gasteiger partial charge in [0.25, 0.3) is 0 Å². The van der Waals surface area contributed by atoms with Crippen LogP contribution in [-0.4, -0.2) is 17.6 Å². The van der Waals surface area contributed by atoms with E-state index in [0.29, 0.717) is 13.0 Å². The smallest absolute Gasteiger partial charge is 0.303 e. The second-order valence-electron chi connectivity index (χ2n) is 4.22. The summed E-state index contributed by atoms with van der Waals surface area (Å²) in [5.41, 5.74) is 8.11. The Morgan fingerprint density at radius 1 is 1.38 bits per heavy atom. The Morgan fingerprint density at radius 3 is 2.50 bits per heavy atom. The lowest BCUT2D eigenvalue weighted by molar-refractivity contribution is -0.137. The summed E-state index contributed by atoms with van der Waals surface area (Å²) in [6.45, 7) is 2.59. The first-order valence-corrected chi connectivity index (χ1v) is 5.59. The number of aliphatic carboxylic acids is 1. The maximum atomic E-state index is 10.5. The van der Waals surface area contributed by atoms with E-state index in [0.717, 1.165) is 6.42 Å². The Morgan fingerprint density at radius 2 is 2.00 bits per heavy atom. The minimum atomic E-state index is -0.748. The Balaban J connectivity index is 2.49. The maximum Gasteiger partial charge on any atom is 0.303 e. The predicted octanol–water partition coefficient (Wildman–Crippen LogP) is 1.98. The van der Waals surface area contributed by atoms with Crippen LogP contribution in [0.25, 0.3) is 0 Å². The van der Waals surface area contributed by atoms with Gasteiger partial charge in [0, 0.05) is 6.42 Å². The lowest BCUT2D eigenvalue weighted by Gasteiger charge is -2.13. The number of benzene rings is 1. The Kier molecular flexibility index (Phi) is 4.99. The Labute approximate surface area is 96.3 Å². The van der Waals surface area contributed by atoms with Crippen LogP contribution < -0.4 is 5.73 Å². The molecule has 0 saturated carbocycles. The SMILES string of the molecule is Cc1ccc(CC(CN)CCC(=O)O)cc1. The molecule has 0 aromatic heterocycles. The lowest BCUT2D eigenvalue weighted by atomic mass is 9.94. The van der Waals surface area contributed by atoms with Gasteiger partial charge in [0.1, 0.15) is 0 Å². The molecule has 0 spiro atoms. The van der Waals surface area contributed by atoms with Gasteiger partial charge >= 0.3 is 5.97 Å². The van der Waals surface area contributed by atoms with E-state index in [9.17, 15) is 4.79 Å². The summed E-state index contributed by atoms with van der Waals surface area (Å²) in [6, 6.07) is 8.30. The van der Waals surface area contributed by atoms with Gasteiger partial charge in [-0.05, 0) is 37.8 Å². The molecule has 0 radical (unpaired) electrons. The highest BCUT2D eigenvalue weighted by Gasteiger charge is 2.09. The molecule has 0 aliphatic heterocycles. The zero-order valence-corrected chi connectivity index (χ0v) is 9.65. The van der Waals surface area contributed by atoms with E-state index in [4.69, 9.17) is 10.8 Å². The van der Waals surface area contributed by atoms with Crippen molar-refractivity contribution in [3.63, 3.8) is 0 Å². The van der Waals surface area contributed by atoms with Gasteiger partial charge in [0.15, 0.2) is 0 Å². The second kappa shape index (κ2) is 6.28. The van der Waals surface area contributed by atoms with Gasteiger partial charge in [-0.15, -0.1) is 0 Å². The van der Waals surface area contributed by atoms with Crippen molar-refractivity contribution in [2.75, 3.05) is 6.54 Å². The molecule has 1 aromatic carbocycles. The molecule has 0 amide bonds. The van der Waals surface area contributed by atoms with Gasteiger partial charge in [-0.1, -0.05) is 29.8 Å². The van der Waals surface area contributed by atoms with Crippen LogP contribution in [0, 0.1) is 12.8 Å². The van der Waals surface area contributed by atoms with Crippen LogP contribution in [0.15, 0.2) is 24.3 Å². The van der Waals surface area contributed by atoms with Gasteiger partial charge in [-0.2, -0.15) is 0 Å². The fraction of sp³-hybridized carbons (Fsp3) is 0.462. The van der Waals surface area contributed by atoms with Gasteiger partial charge < -0.3 is 10.8 Å². The number of nitrogens with two attached hydrogens (primary N) is 1. The highest BCUT2D eigenvalue weighted by molar-refractivity contribution is 5.66. The third kappa shape index (κ3) is 4.45. The molecule has 88 valence electrons. The molecule has 1 atom stereocenters. The molecule has 1 rings (SSSR count). The number of carboxylic acids is 1. The average molecular weight is 221 g/mol. The normalized spacial score (nSPS) is 12.4. The predicted molar refractivity (Wildman–Crippen MR) is 64.3 cm³/mol. The van der Waals surface area contributed by atoms with Crippen LogP contribution in [0.1, 0.15) is 24.0 Å². The van der Waals surface area contributed by atoms with E-state index in [1.54, 1.807) is 0 Å². The molecule has 3 heteroatoms. The van der Waals surface area contributed by atoms with E-state index in [2.05, 4.69) is 31.2 Å². The topological polar surface area (TPSA) is 63.3 Å². The van der Waals surface area contributed by atoms with Crippen LogP contribution in [0.2, 0.25) is 0 Å². The van der Waals surface area contributed by atoms with Crippen molar-refractivity contribution in [2.24, 2.45) is 11.7 Å². The average Bonchev–Trinajstić information content (AvgIpc) is 2.26. The van der Waals surface area contributed by atoms with E-state index < -0.39 is 5.97 Å². The molecular formula is C13H19NO2. The van der Waals surface area contributed by atoms with Crippen molar-refractivity contribution in [1.82, 2.24) is 0 Å². The van der Waals surface area contributed by atoms with Crippen LogP contribution in [0.5, 0.6) is 0 Å². The van der Waals surface area contributed by atoms with Crippen LogP contribution in [-0.2, 0) is 11.2 Å². The third-order valence-electron chi connectivity index (χ3n) is 2.74. The van der Waals surface area contributed by atoms with E-state index >= 15 is 0 Å². The quantitative estimate of drug-likeness (QED) is 0.772. The van der Waals surface area contributed by atoms with Crippen molar-refractivity contribution >= 4 is 5.97 Å². The number of carboxylic acid groups (broad SMARTS) is 1. The van der Waals surface area contributed by atoms with Gasteiger partial charge in [-0.25, -0.2) is 0 Å². The molecule has 0 heterocycles. The van der Waals surface area contributed by atoms with Gasteiger partial charge in [-0.3, -0.25) is 4.79 Å². The van der Waals surface area contributed by atoms with Crippen molar-refractivity contribution in [3.05, 3.63) is 35.4 Å². The van der Waals surface area contributed by atoms with Crippen LogP contribution >= 0.6 is 0 Å². The Bertz CT molecular complexity index is 332. The number of carbonyl (C=O) groups is 1. The minimum absolute atomic E-state index is 0.202. The zero-order valence-electron chi connectivity index (χ0n) is 9.65. The molecular weight excluding hydrogens is 202 g/mol. The van der Waals surface area contributed by atoms with E-state index in [-0.39, 0.29) is 12.3 Å².